The molecule has 0 aromatic rings. The van der Waals surface area contributed by atoms with Crippen LogP contribution in [0.3, 0.4) is 0 Å². The lowest BCUT2D eigenvalue weighted by molar-refractivity contribution is 0.171. The average molecular weight is 154 g/mol. The van der Waals surface area contributed by atoms with Crippen LogP contribution in [0, 0.1) is 11.3 Å². The highest BCUT2D eigenvalue weighted by Gasteiger charge is 2.52. The maximum absolute atomic E-state index is 9.17. The van der Waals surface area contributed by atoms with E-state index < -0.39 is 0 Å². The number of aliphatic hydroxyl groups is 1. The molecule has 1 fully saturated rings. The van der Waals surface area contributed by atoms with Crippen molar-refractivity contribution in [2.24, 2.45) is 11.3 Å². The first-order valence-electron chi connectivity index (χ1n) is 4.39. The molecule has 0 saturated heterocycles. The van der Waals surface area contributed by atoms with Crippen molar-refractivity contribution in [1.82, 2.24) is 0 Å². The highest BCUT2D eigenvalue weighted by atomic mass is 16.3. The summed E-state index contributed by atoms with van der Waals surface area (Å²) < 4.78 is 0. The van der Waals surface area contributed by atoms with Crippen molar-refractivity contribution in [2.45, 2.75) is 39.7 Å². The van der Waals surface area contributed by atoms with E-state index in [0.717, 1.165) is 12.8 Å². The SMILES string of the molecule is C=C1C(CC(C)O)C1(C)CC. The normalized spacial score (nSPS) is 38.9. The Morgan fingerprint density at radius 2 is 2.27 bits per heavy atom. The summed E-state index contributed by atoms with van der Waals surface area (Å²) in [4.78, 5) is 0. The van der Waals surface area contributed by atoms with Gasteiger partial charge in [-0.2, -0.15) is 0 Å². The van der Waals surface area contributed by atoms with E-state index in [9.17, 15) is 0 Å². The quantitative estimate of drug-likeness (QED) is 0.619. The molecule has 0 amide bonds. The zero-order valence-electron chi connectivity index (χ0n) is 7.72. The molecule has 0 heterocycles. The fraction of sp³-hybridized carbons (Fsp3) is 0.800. The molecule has 1 heteroatoms. The van der Waals surface area contributed by atoms with Crippen LogP contribution >= 0.6 is 0 Å². The molecule has 64 valence electrons. The molecule has 1 aliphatic rings. The smallest absolute Gasteiger partial charge is 0.0518 e. The van der Waals surface area contributed by atoms with E-state index in [4.69, 9.17) is 5.11 Å². The number of hydrogen-bond acceptors (Lipinski definition) is 1. The lowest BCUT2D eigenvalue weighted by Gasteiger charge is -2.06. The average Bonchev–Trinajstić information content (AvgIpc) is 2.41. The minimum atomic E-state index is -0.176. The number of rotatable bonds is 3. The van der Waals surface area contributed by atoms with Gasteiger partial charge in [0.05, 0.1) is 6.10 Å². The second kappa shape index (κ2) is 2.63. The van der Waals surface area contributed by atoms with Crippen LogP contribution in [0.4, 0.5) is 0 Å². The lowest BCUT2D eigenvalue weighted by atomic mass is 10.0. The van der Waals surface area contributed by atoms with Crippen LogP contribution in [0.2, 0.25) is 0 Å². The van der Waals surface area contributed by atoms with Crippen molar-refractivity contribution in [3.63, 3.8) is 0 Å². The van der Waals surface area contributed by atoms with Gasteiger partial charge in [0.2, 0.25) is 0 Å². The fourth-order valence-electron chi connectivity index (χ4n) is 1.87. The molecule has 0 radical (unpaired) electrons. The van der Waals surface area contributed by atoms with Gasteiger partial charge in [-0.25, -0.2) is 0 Å². The van der Waals surface area contributed by atoms with Crippen LogP contribution < -0.4 is 0 Å². The van der Waals surface area contributed by atoms with Gasteiger partial charge in [0.15, 0.2) is 0 Å². The first kappa shape index (κ1) is 8.79. The topological polar surface area (TPSA) is 20.2 Å². The molecule has 0 spiro atoms. The summed E-state index contributed by atoms with van der Waals surface area (Å²) in [5, 5.41) is 9.17. The first-order chi connectivity index (χ1) is 5.02. The summed E-state index contributed by atoms with van der Waals surface area (Å²) in [5.74, 6) is 0.576. The zero-order valence-corrected chi connectivity index (χ0v) is 7.72. The van der Waals surface area contributed by atoms with Crippen molar-refractivity contribution in [1.29, 1.82) is 0 Å². The van der Waals surface area contributed by atoms with Crippen LogP contribution in [0.5, 0.6) is 0 Å². The molecule has 1 aliphatic carbocycles. The predicted molar refractivity (Wildman–Crippen MR) is 47.3 cm³/mol. The Balaban J connectivity index is 2.48. The van der Waals surface area contributed by atoms with E-state index in [0.29, 0.717) is 11.3 Å². The van der Waals surface area contributed by atoms with Gasteiger partial charge in [-0.3, -0.25) is 0 Å². The molecule has 1 saturated carbocycles. The Hall–Kier alpha value is -0.300. The highest BCUT2D eigenvalue weighted by Crippen LogP contribution is 2.61. The molecular formula is C10H18O. The number of allylic oxidation sites excluding steroid dienone is 1. The Morgan fingerprint density at radius 1 is 1.73 bits per heavy atom. The fourth-order valence-corrected chi connectivity index (χ4v) is 1.87. The van der Waals surface area contributed by atoms with Gasteiger partial charge in [0.25, 0.3) is 0 Å². The Kier molecular flexibility index (Phi) is 2.10. The van der Waals surface area contributed by atoms with Crippen molar-refractivity contribution >= 4 is 0 Å². The second-order valence-corrected chi connectivity index (χ2v) is 3.93. The maximum Gasteiger partial charge on any atom is 0.0518 e. The van der Waals surface area contributed by atoms with Gasteiger partial charge in [0, 0.05) is 0 Å². The third-order valence-corrected chi connectivity index (χ3v) is 3.15. The van der Waals surface area contributed by atoms with Gasteiger partial charge in [-0.15, -0.1) is 0 Å². The zero-order chi connectivity index (χ0) is 8.65. The van der Waals surface area contributed by atoms with Crippen LogP contribution in [-0.2, 0) is 0 Å². The van der Waals surface area contributed by atoms with Crippen LogP contribution in [0.25, 0.3) is 0 Å². The molecule has 0 aliphatic heterocycles. The molecule has 3 atom stereocenters. The Bertz CT molecular complexity index is 172. The maximum atomic E-state index is 9.17. The standard InChI is InChI=1S/C10H18O/c1-5-10(4)8(3)9(10)6-7(2)11/h7,9,11H,3,5-6H2,1-2,4H3. The van der Waals surface area contributed by atoms with Crippen molar-refractivity contribution < 1.29 is 5.11 Å². The highest BCUT2D eigenvalue weighted by molar-refractivity contribution is 5.33. The van der Waals surface area contributed by atoms with Crippen LogP contribution in [0.15, 0.2) is 12.2 Å². The summed E-state index contributed by atoms with van der Waals surface area (Å²) in [7, 11) is 0. The third-order valence-electron chi connectivity index (χ3n) is 3.15. The molecule has 3 unspecified atom stereocenters. The number of aliphatic hydroxyl groups excluding tert-OH is 1. The minimum Gasteiger partial charge on any atom is -0.393 e. The molecule has 0 bridgehead atoms. The molecule has 1 N–H and O–H groups in total. The van der Waals surface area contributed by atoms with Gasteiger partial charge >= 0.3 is 0 Å². The molecule has 1 rings (SSSR count). The molecule has 0 aromatic heterocycles. The van der Waals surface area contributed by atoms with Gasteiger partial charge < -0.3 is 5.11 Å². The largest absolute Gasteiger partial charge is 0.393 e. The minimum absolute atomic E-state index is 0.176. The van der Waals surface area contributed by atoms with Gasteiger partial charge in [0.1, 0.15) is 0 Å². The first-order valence-corrected chi connectivity index (χ1v) is 4.39. The molecule has 11 heavy (non-hydrogen) atoms. The van der Waals surface area contributed by atoms with E-state index in [1.54, 1.807) is 0 Å². The summed E-state index contributed by atoms with van der Waals surface area (Å²) >= 11 is 0. The van der Waals surface area contributed by atoms with E-state index in [1.807, 2.05) is 6.92 Å². The van der Waals surface area contributed by atoms with E-state index in [2.05, 4.69) is 20.4 Å². The lowest BCUT2D eigenvalue weighted by Crippen LogP contribution is -2.04. The van der Waals surface area contributed by atoms with Crippen molar-refractivity contribution in [3.8, 4) is 0 Å². The predicted octanol–water partition coefficient (Wildman–Crippen LogP) is 2.36. The summed E-state index contributed by atoms with van der Waals surface area (Å²) in [6, 6.07) is 0. The second-order valence-electron chi connectivity index (χ2n) is 3.93. The van der Waals surface area contributed by atoms with Gasteiger partial charge in [-0.05, 0) is 31.1 Å². The van der Waals surface area contributed by atoms with Crippen LogP contribution in [-0.4, -0.2) is 11.2 Å². The summed E-state index contributed by atoms with van der Waals surface area (Å²) in [6.45, 7) is 10.3. The molecular weight excluding hydrogens is 136 g/mol. The van der Waals surface area contributed by atoms with Crippen molar-refractivity contribution in [3.05, 3.63) is 12.2 Å². The Labute approximate surface area is 69.1 Å². The van der Waals surface area contributed by atoms with Gasteiger partial charge in [-0.1, -0.05) is 26.0 Å². The number of hydrogen-bond donors (Lipinski definition) is 1. The third kappa shape index (κ3) is 1.34. The molecule has 0 aromatic carbocycles. The summed E-state index contributed by atoms with van der Waals surface area (Å²) in [6.07, 6.45) is 1.87. The summed E-state index contributed by atoms with van der Waals surface area (Å²) in [5.41, 5.74) is 1.68. The van der Waals surface area contributed by atoms with E-state index in [-0.39, 0.29) is 6.10 Å². The van der Waals surface area contributed by atoms with Crippen molar-refractivity contribution in [2.75, 3.05) is 0 Å². The van der Waals surface area contributed by atoms with E-state index in [1.165, 1.54) is 5.57 Å². The molecule has 1 nitrogen and oxygen atoms in total. The monoisotopic (exact) mass is 154 g/mol. The van der Waals surface area contributed by atoms with Crippen LogP contribution in [0.1, 0.15) is 33.6 Å². The Morgan fingerprint density at radius 3 is 2.55 bits per heavy atom. The van der Waals surface area contributed by atoms with E-state index >= 15 is 0 Å².